The molecule has 156 valence electrons. The Morgan fingerprint density at radius 3 is 2.53 bits per heavy atom. The van der Waals surface area contributed by atoms with Gasteiger partial charge in [-0.15, -0.1) is 0 Å². The van der Waals surface area contributed by atoms with Crippen LogP contribution in [-0.2, 0) is 9.59 Å². The summed E-state index contributed by atoms with van der Waals surface area (Å²) in [6.07, 6.45) is 2.97. The molecule has 0 saturated carbocycles. The number of aliphatic hydroxyl groups is 1. The number of ketones is 1. The van der Waals surface area contributed by atoms with E-state index in [9.17, 15) is 19.1 Å². The number of carboxylic acids is 1. The highest BCUT2D eigenvalue weighted by molar-refractivity contribution is 5.95. The van der Waals surface area contributed by atoms with Crippen molar-refractivity contribution in [2.75, 3.05) is 0 Å². The molecule has 3 aromatic rings. The summed E-state index contributed by atoms with van der Waals surface area (Å²) in [5, 5.41) is 23.6. The maximum atomic E-state index is 13.5. The molecule has 6 nitrogen and oxygen atoms in total. The lowest BCUT2D eigenvalue weighted by atomic mass is 9.93. The average Bonchev–Trinajstić information content (AvgIpc) is 3.13. The summed E-state index contributed by atoms with van der Waals surface area (Å²) in [5.41, 5.74) is 3.98. The van der Waals surface area contributed by atoms with Gasteiger partial charge in [0.25, 0.3) is 0 Å². The third-order valence-corrected chi connectivity index (χ3v) is 4.70. The molecule has 0 aliphatic carbocycles. The minimum Gasteiger partial charge on any atom is -0.481 e. The van der Waals surface area contributed by atoms with E-state index >= 15 is 0 Å². The highest BCUT2D eigenvalue weighted by Gasteiger charge is 2.18. The number of hydrogen-bond acceptors (Lipinski definition) is 4. The van der Waals surface area contributed by atoms with E-state index in [2.05, 4.69) is 5.10 Å². The van der Waals surface area contributed by atoms with Crippen LogP contribution >= 0.6 is 0 Å². The SMILES string of the molecule is CC(C)c1nn2cccc2c(-c2ccc(F)cc2)c1/C=C/C(O)CC(=O)CC(=O)O. The van der Waals surface area contributed by atoms with E-state index in [0.717, 1.165) is 27.9 Å². The van der Waals surface area contributed by atoms with Crippen molar-refractivity contribution in [2.24, 2.45) is 0 Å². The van der Waals surface area contributed by atoms with Crippen molar-refractivity contribution in [1.82, 2.24) is 9.61 Å². The molecule has 0 bridgehead atoms. The molecule has 1 unspecified atom stereocenters. The topological polar surface area (TPSA) is 91.9 Å². The second-order valence-corrected chi connectivity index (χ2v) is 7.41. The van der Waals surface area contributed by atoms with Crippen LogP contribution in [0.1, 0.15) is 43.9 Å². The van der Waals surface area contributed by atoms with Crippen LogP contribution in [0.25, 0.3) is 22.7 Å². The number of aliphatic hydroxyl groups excluding tert-OH is 1. The number of benzene rings is 1. The highest BCUT2D eigenvalue weighted by atomic mass is 19.1. The van der Waals surface area contributed by atoms with E-state index in [-0.39, 0.29) is 18.2 Å². The smallest absolute Gasteiger partial charge is 0.310 e. The van der Waals surface area contributed by atoms with Gasteiger partial charge in [0.15, 0.2) is 0 Å². The molecule has 1 aromatic carbocycles. The first-order chi connectivity index (χ1) is 14.3. The molecule has 0 aliphatic heterocycles. The van der Waals surface area contributed by atoms with Crippen LogP contribution in [0.4, 0.5) is 4.39 Å². The average molecular weight is 410 g/mol. The second-order valence-electron chi connectivity index (χ2n) is 7.41. The molecule has 0 saturated heterocycles. The Hall–Kier alpha value is -3.32. The highest BCUT2D eigenvalue weighted by Crippen LogP contribution is 2.34. The fraction of sp³-hybridized carbons (Fsp3) is 0.261. The van der Waals surface area contributed by atoms with Crippen LogP contribution < -0.4 is 0 Å². The van der Waals surface area contributed by atoms with Gasteiger partial charge in [-0.3, -0.25) is 9.59 Å². The number of rotatable bonds is 8. The number of fused-ring (bicyclic) bond motifs is 1. The summed E-state index contributed by atoms with van der Waals surface area (Å²) in [7, 11) is 0. The zero-order chi connectivity index (χ0) is 21.8. The Morgan fingerprint density at radius 2 is 1.90 bits per heavy atom. The molecule has 2 N–H and O–H groups in total. The van der Waals surface area contributed by atoms with Crippen molar-refractivity contribution >= 4 is 23.3 Å². The van der Waals surface area contributed by atoms with Crippen LogP contribution in [0.5, 0.6) is 0 Å². The van der Waals surface area contributed by atoms with E-state index < -0.39 is 24.3 Å². The Labute approximate surface area is 173 Å². The van der Waals surface area contributed by atoms with E-state index in [4.69, 9.17) is 5.11 Å². The van der Waals surface area contributed by atoms with Crippen LogP contribution in [0.15, 0.2) is 48.7 Å². The van der Waals surface area contributed by atoms with Crippen molar-refractivity contribution < 1.29 is 24.2 Å². The molecule has 0 fully saturated rings. The Bertz CT molecular complexity index is 1100. The fourth-order valence-electron chi connectivity index (χ4n) is 3.36. The van der Waals surface area contributed by atoms with Gasteiger partial charge in [-0.25, -0.2) is 8.91 Å². The monoisotopic (exact) mass is 410 g/mol. The molecular formula is C23H23FN2O4. The zero-order valence-corrected chi connectivity index (χ0v) is 16.7. The maximum Gasteiger partial charge on any atom is 0.310 e. The molecule has 7 heteroatoms. The third kappa shape index (κ3) is 4.80. The molecule has 1 atom stereocenters. The molecule has 2 heterocycles. The van der Waals surface area contributed by atoms with Crippen molar-refractivity contribution in [3.63, 3.8) is 0 Å². The van der Waals surface area contributed by atoms with Crippen LogP contribution in [0.2, 0.25) is 0 Å². The number of carboxylic acid groups (broad SMARTS) is 1. The molecule has 2 aromatic heterocycles. The van der Waals surface area contributed by atoms with Gasteiger partial charge in [-0.2, -0.15) is 5.10 Å². The van der Waals surface area contributed by atoms with Gasteiger partial charge < -0.3 is 10.2 Å². The number of carbonyl (C=O) groups is 2. The number of nitrogens with zero attached hydrogens (tertiary/aromatic N) is 2. The number of carbonyl (C=O) groups excluding carboxylic acids is 1. The summed E-state index contributed by atoms with van der Waals surface area (Å²) < 4.78 is 15.3. The Morgan fingerprint density at radius 1 is 1.20 bits per heavy atom. The first-order valence-corrected chi connectivity index (χ1v) is 9.63. The molecule has 0 aliphatic rings. The lowest BCUT2D eigenvalue weighted by molar-refractivity contribution is -0.140. The Kier molecular flexibility index (Phi) is 6.42. The van der Waals surface area contributed by atoms with E-state index in [0.29, 0.717) is 0 Å². The third-order valence-electron chi connectivity index (χ3n) is 4.70. The maximum absolute atomic E-state index is 13.5. The number of halogens is 1. The predicted octanol–water partition coefficient (Wildman–Crippen LogP) is 4.07. The van der Waals surface area contributed by atoms with Gasteiger partial charge in [-0.1, -0.05) is 38.1 Å². The van der Waals surface area contributed by atoms with Gasteiger partial charge in [0.1, 0.15) is 18.0 Å². The van der Waals surface area contributed by atoms with Crippen LogP contribution in [0.3, 0.4) is 0 Å². The summed E-state index contributed by atoms with van der Waals surface area (Å²) >= 11 is 0. The van der Waals surface area contributed by atoms with Gasteiger partial charge in [0, 0.05) is 23.7 Å². The zero-order valence-electron chi connectivity index (χ0n) is 16.7. The minimum atomic E-state index is -1.22. The first kappa shape index (κ1) is 21.4. The molecule has 0 radical (unpaired) electrons. The number of aliphatic carboxylic acids is 1. The standard InChI is InChI=1S/C23H23FN2O4/c1-14(2)23-19(10-9-17(27)12-18(28)13-21(29)30)22(15-5-7-16(24)8-6-15)20-4-3-11-26(20)25-23/h3-11,14,17,27H,12-13H2,1-2H3,(H,29,30)/b10-9+. The lowest BCUT2D eigenvalue weighted by Crippen LogP contribution is -2.14. The quantitative estimate of drug-likeness (QED) is 0.546. The van der Waals surface area contributed by atoms with Crippen molar-refractivity contribution in [1.29, 1.82) is 0 Å². The van der Waals surface area contributed by atoms with Crippen molar-refractivity contribution in [2.45, 2.75) is 38.7 Å². The fourth-order valence-corrected chi connectivity index (χ4v) is 3.36. The Balaban J connectivity index is 2.08. The van der Waals surface area contributed by atoms with Gasteiger partial charge in [0.05, 0.1) is 17.3 Å². The van der Waals surface area contributed by atoms with Crippen LogP contribution in [-0.4, -0.2) is 37.7 Å². The number of hydrogen-bond donors (Lipinski definition) is 2. The summed E-state index contributed by atoms with van der Waals surface area (Å²) in [6, 6.07) is 9.92. The molecule has 0 spiro atoms. The number of aromatic nitrogens is 2. The normalized spacial score (nSPS) is 12.7. The minimum absolute atomic E-state index is 0.0569. The van der Waals surface area contributed by atoms with Gasteiger partial charge in [-0.05, 0) is 35.7 Å². The van der Waals surface area contributed by atoms with Crippen molar-refractivity contribution in [3.05, 3.63) is 65.7 Å². The number of Topliss-reactive ketones (excluding diaryl/α,β-unsaturated/α-hetero) is 1. The first-order valence-electron chi connectivity index (χ1n) is 9.63. The van der Waals surface area contributed by atoms with E-state index in [1.54, 1.807) is 22.7 Å². The summed E-state index contributed by atoms with van der Waals surface area (Å²) in [4.78, 5) is 22.3. The second kappa shape index (κ2) is 9.00. The molecular weight excluding hydrogens is 387 g/mol. The van der Waals surface area contributed by atoms with E-state index in [1.807, 2.05) is 32.2 Å². The predicted molar refractivity (Wildman–Crippen MR) is 112 cm³/mol. The van der Waals surface area contributed by atoms with Gasteiger partial charge in [0.2, 0.25) is 0 Å². The molecule has 30 heavy (non-hydrogen) atoms. The lowest BCUT2D eigenvalue weighted by Gasteiger charge is -2.17. The summed E-state index contributed by atoms with van der Waals surface area (Å²) in [5.74, 6) is -2.06. The van der Waals surface area contributed by atoms with Gasteiger partial charge >= 0.3 is 5.97 Å². The largest absolute Gasteiger partial charge is 0.481 e. The van der Waals surface area contributed by atoms with Crippen LogP contribution in [0, 0.1) is 5.82 Å². The van der Waals surface area contributed by atoms with E-state index in [1.165, 1.54) is 18.2 Å². The molecule has 0 amide bonds. The molecule has 3 rings (SSSR count). The summed E-state index contributed by atoms with van der Waals surface area (Å²) in [6.45, 7) is 3.99. The van der Waals surface area contributed by atoms with Crippen molar-refractivity contribution in [3.8, 4) is 11.1 Å².